The number of aryl methyl sites for hydroxylation is 1. The Kier molecular flexibility index (Phi) is 5.97. The van der Waals surface area contributed by atoms with Crippen molar-refractivity contribution >= 4 is 22.6 Å². The summed E-state index contributed by atoms with van der Waals surface area (Å²) in [5.74, 6) is 1.04. The molecule has 2 rings (SSSR count). The molecule has 2 aromatic rings. The second-order valence-corrected chi connectivity index (χ2v) is 6.00. The average molecular weight is 384 g/mol. The first-order valence-electron chi connectivity index (χ1n) is 7.10. The lowest BCUT2D eigenvalue weighted by atomic mass is 10.0. The largest absolute Gasteiger partial charge is 0.310 e. The Morgan fingerprint density at radius 2 is 2.00 bits per heavy atom. The van der Waals surface area contributed by atoms with Crippen molar-refractivity contribution in [2.45, 2.75) is 39.3 Å². The van der Waals surface area contributed by atoms with E-state index in [4.69, 9.17) is 0 Å². The molecular formula is C15H21IN4. The van der Waals surface area contributed by atoms with Crippen molar-refractivity contribution in [1.29, 1.82) is 0 Å². The summed E-state index contributed by atoms with van der Waals surface area (Å²) in [5, 5.41) is 7.86. The molecule has 0 amide bonds. The topological polar surface area (TPSA) is 42.7 Å². The lowest BCUT2D eigenvalue weighted by Gasteiger charge is -2.19. The van der Waals surface area contributed by atoms with Gasteiger partial charge in [0.05, 0.1) is 0 Å². The highest BCUT2D eigenvalue weighted by molar-refractivity contribution is 14.1. The van der Waals surface area contributed by atoms with Gasteiger partial charge in [0.2, 0.25) is 0 Å². The van der Waals surface area contributed by atoms with Crippen LogP contribution in [0.2, 0.25) is 0 Å². The van der Waals surface area contributed by atoms with Gasteiger partial charge in [-0.25, -0.2) is 4.98 Å². The molecule has 0 spiro atoms. The number of nitrogens with zero attached hydrogens (tertiary/aromatic N) is 3. The van der Waals surface area contributed by atoms with Gasteiger partial charge in [-0.15, -0.1) is 0 Å². The molecule has 0 aliphatic rings. The lowest BCUT2D eigenvalue weighted by Crippen LogP contribution is -2.25. The van der Waals surface area contributed by atoms with E-state index in [-0.39, 0.29) is 0 Å². The molecule has 1 atom stereocenters. The summed E-state index contributed by atoms with van der Waals surface area (Å²) in [7, 11) is 0. The number of hydrogen-bond donors (Lipinski definition) is 1. The van der Waals surface area contributed by atoms with Crippen molar-refractivity contribution in [3.05, 3.63) is 45.6 Å². The van der Waals surface area contributed by atoms with Gasteiger partial charge in [0.1, 0.15) is 12.2 Å². The molecule has 0 bridgehead atoms. The summed E-state index contributed by atoms with van der Waals surface area (Å²) in [6, 6.07) is 8.99. The molecule has 108 valence electrons. The second-order valence-electron chi connectivity index (χ2n) is 4.75. The standard InChI is InChI=1S/C15H21IN4/c1-3-9-17-14(12-5-7-13(16)8-6-12)10-15-18-11-19-20(15)4-2/h5-8,11,14,17H,3-4,9-10H2,1-2H3. The van der Waals surface area contributed by atoms with E-state index in [1.54, 1.807) is 6.33 Å². The van der Waals surface area contributed by atoms with E-state index in [2.05, 4.69) is 76.1 Å². The Morgan fingerprint density at radius 1 is 1.25 bits per heavy atom. The monoisotopic (exact) mass is 384 g/mol. The zero-order valence-corrected chi connectivity index (χ0v) is 14.2. The molecule has 0 aliphatic carbocycles. The summed E-state index contributed by atoms with van der Waals surface area (Å²) in [6.07, 6.45) is 3.64. The van der Waals surface area contributed by atoms with Crippen molar-refractivity contribution in [3.8, 4) is 0 Å². The van der Waals surface area contributed by atoms with Crippen LogP contribution in [0, 0.1) is 3.57 Å². The number of halogens is 1. The molecule has 1 N–H and O–H groups in total. The maximum atomic E-state index is 4.39. The number of nitrogens with one attached hydrogen (secondary N) is 1. The summed E-state index contributed by atoms with van der Waals surface area (Å²) >= 11 is 2.34. The molecule has 5 heteroatoms. The van der Waals surface area contributed by atoms with Gasteiger partial charge in [-0.05, 0) is 60.2 Å². The number of hydrogen-bond acceptors (Lipinski definition) is 3. The Morgan fingerprint density at radius 3 is 2.65 bits per heavy atom. The molecule has 0 fully saturated rings. The van der Waals surface area contributed by atoms with Crippen LogP contribution in [0.3, 0.4) is 0 Å². The fraction of sp³-hybridized carbons (Fsp3) is 0.467. The SMILES string of the molecule is CCCNC(Cc1ncnn1CC)c1ccc(I)cc1. The highest BCUT2D eigenvalue weighted by Gasteiger charge is 2.15. The fourth-order valence-electron chi connectivity index (χ4n) is 2.21. The third-order valence-electron chi connectivity index (χ3n) is 3.30. The number of rotatable bonds is 7. The fourth-order valence-corrected chi connectivity index (χ4v) is 2.57. The smallest absolute Gasteiger partial charge is 0.138 e. The zero-order chi connectivity index (χ0) is 14.4. The normalized spacial score (nSPS) is 12.6. The predicted molar refractivity (Wildman–Crippen MR) is 89.6 cm³/mol. The first kappa shape index (κ1) is 15.4. The van der Waals surface area contributed by atoms with Gasteiger partial charge in [0, 0.05) is 22.6 Å². The molecule has 0 radical (unpaired) electrons. The molecule has 0 saturated carbocycles. The molecular weight excluding hydrogens is 363 g/mol. The second kappa shape index (κ2) is 7.73. The minimum Gasteiger partial charge on any atom is -0.310 e. The molecule has 1 heterocycles. The maximum Gasteiger partial charge on any atom is 0.138 e. The van der Waals surface area contributed by atoms with Crippen molar-refractivity contribution in [2.75, 3.05) is 6.54 Å². The minimum atomic E-state index is 0.293. The van der Waals surface area contributed by atoms with Crippen molar-refractivity contribution in [1.82, 2.24) is 20.1 Å². The summed E-state index contributed by atoms with van der Waals surface area (Å²) in [6.45, 7) is 6.16. The molecule has 1 aromatic carbocycles. The first-order valence-corrected chi connectivity index (χ1v) is 8.18. The number of benzene rings is 1. The Bertz CT molecular complexity index is 521. The van der Waals surface area contributed by atoms with Crippen LogP contribution < -0.4 is 5.32 Å². The van der Waals surface area contributed by atoms with Crippen LogP contribution in [0.15, 0.2) is 30.6 Å². The van der Waals surface area contributed by atoms with E-state index >= 15 is 0 Å². The van der Waals surface area contributed by atoms with Crippen molar-refractivity contribution in [2.24, 2.45) is 0 Å². The molecule has 0 saturated heterocycles. The predicted octanol–water partition coefficient (Wildman–Crippen LogP) is 3.19. The van der Waals surface area contributed by atoms with Gasteiger partial charge in [0.25, 0.3) is 0 Å². The third kappa shape index (κ3) is 4.02. The average Bonchev–Trinajstić information content (AvgIpc) is 2.91. The van der Waals surface area contributed by atoms with Gasteiger partial charge in [-0.1, -0.05) is 19.1 Å². The van der Waals surface area contributed by atoms with Crippen molar-refractivity contribution in [3.63, 3.8) is 0 Å². The van der Waals surface area contributed by atoms with E-state index in [1.807, 2.05) is 4.68 Å². The van der Waals surface area contributed by atoms with Crippen LogP contribution in [0.5, 0.6) is 0 Å². The Labute approximate surface area is 134 Å². The minimum absolute atomic E-state index is 0.293. The van der Waals surface area contributed by atoms with E-state index in [9.17, 15) is 0 Å². The van der Waals surface area contributed by atoms with Crippen LogP contribution in [0.4, 0.5) is 0 Å². The third-order valence-corrected chi connectivity index (χ3v) is 4.01. The highest BCUT2D eigenvalue weighted by atomic mass is 127. The van der Waals surface area contributed by atoms with Crippen LogP contribution in [0.25, 0.3) is 0 Å². The van der Waals surface area contributed by atoms with E-state index < -0.39 is 0 Å². The lowest BCUT2D eigenvalue weighted by molar-refractivity contribution is 0.497. The number of aromatic nitrogens is 3. The van der Waals surface area contributed by atoms with Crippen LogP contribution >= 0.6 is 22.6 Å². The molecule has 20 heavy (non-hydrogen) atoms. The van der Waals surface area contributed by atoms with Gasteiger partial charge in [-0.3, -0.25) is 4.68 Å². The Hall–Kier alpha value is -0.950. The summed E-state index contributed by atoms with van der Waals surface area (Å²) < 4.78 is 3.23. The Balaban J connectivity index is 2.17. The van der Waals surface area contributed by atoms with Crippen LogP contribution in [0.1, 0.15) is 37.7 Å². The van der Waals surface area contributed by atoms with Gasteiger partial charge in [0.15, 0.2) is 0 Å². The van der Waals surface area contributed by atoms with Crippen molar-refractivity contribution < 1.29 is 0 Å². The van der Waals surface area contributed by atoms with Crippen LogP contribution in [-0.4, -0.2) is 21.3 Å². The van der Waals surface area contributed by atoms with Gasteiger partial charge >= 0.3 is 0 Å². The van der Waals surface area contributed by atoms with E-state index in [1.165, 1.54) is 9.13 Å². The van der Waals surface area contributed by atoms with E-state index in [0.717, 1.165) is 31.8 Å². The van der Waals surface area contributed by atoms with Crippen LogP contribution in [-0.2, 0) is 13.0 Å². The van der Waals surface area contributed by atoms with Gasteiger partial charge in [-0.2, -0.15) is 5.10 Å². The van der Waals surface area contributed by atoms with E-state index in [0.29, 0.717) is 6.04 Å². The molecule has 0 aliphatic heterocycles. The highest BCUT2D eigenvalue weighted by Crippen LogP contribution is 2.19. The molecule has 4 nitrogen and oxygen atoms in total. The maximum absolute atomic E-state index is 4.39. The first-order chi connectivity index (χ1) is 9.74. The zero-order valence-electron chi connectivity index (χ0n) is 12.0. The molecule has 1 aromatic heterocycles. The summed E-state index contributed by atoms with van der Waals surface area (Å²) in [5.41, 5.74) is 1.31. The molecule has 1 unspecified atom stereocenters. The van der Waals surface area contributed by atoms with Gasteiger partial charge < -0.3 is 5.32 Å². The quantitative estimate of drug-likeness (QED) is 0.746. The summed E-state index contributed by atoms with van der Waals surface area (Å²) in [4.78, 5) is 4.39.